The Balaban J connectivity index is 1.74. The quantitative estimate of drug-likeness (QED) is 0.904. The van der Waals surface area contributed by atoms with Gasteiger partial charge in [-0.25, -0.2) is 0 Å². The molecule has 0 heterocycles. The zero-order chi connectivity index (χ0) is 13.4. The molecule has 1 N–H and O–H groups in total. The number of fused-ring (bicyclic) bond motifs is 1. The number of rotatable bonds is 2. The molecule has 98 valence electrons. The smallest absolute Gasteiger partial charge is 0.228 e. The molecule has 3 nitrogen and oxygen atoms in total. The average molecular weight is 319 g/mol. The lowest BCUT2D eigenvalue weighted by Gasteiger charge is -2.07. The lowest BCUT2D eigenvalue weighted by molar-refractivity contribution is -0.117. The summed E-state index contributed by atoms with van der Waals surface area (Å²) in [5, 5.41) is 12.0. The fraction of sp³-hybridized carbons (Fsp3) is 0.467. The molecule has 0 aliphatic heterocycles. The van der Waals surface area contributed by atoms with Crippen molar-refractivity contribution in [2.75, 3.05) is 5.32 Å². The van der Waals surface area contributed by atoms with E-state index in [1.807, 2.05) is 6.07 Å². The number of anilines is 1. The van der Waals surface area contributed by atoms with Crippen LogP contribution < -0.4 is 5.32 Å². The highest BCUT2D eigenvalue weighted by molar-refractivity contribution is 9.10. The number of carbonyl (C=O) groups excluding carboxylic acids is 1. The van der Waals surface area contributed by atoms with Gasteiger partial charge in [-0.05, 0) is 42.9 Å². The molecule has 2 fully saturated rings. The molecule has 1 amide bonds. The van der Waals surface area contributed by atoms with E-state index in [1.165, 1.54) is 25.7 Å². The van der Waals surface area contributed by atoms with Gasteiger partial charge < -0.3 is 5.32 Å². The molecule has 19 heavy (non-hydrogen) atoms. The summed E-state index contributed by atoms with van der Waals surface area (Å²) in [5.74, 6) is 1.44. The van der Waals surface area contributed by atoms with E-state index in [0.29, 0.717) is 23.1 Å². The lowest BCUT2D eigenvalue weighted by Crippen LogP contribution is -2.16. The van der Waals surface area contributed by atoms with Gasteiger partial charge in [0, 0.05) is 10.4 Å². The average Bonchev–Trinajstić information content (AvgIpc) is 3.13. The first-order valence-electron chi connectivity index (χ1n) is 6.71. The Morgan fingerprint density at radius 3 is 2.63 bits per heavy atom. The van der Waals surface area contributed by atoms with Crippen LogP contribution in [-0.2, 0) is 4.79 Å². The predicted octanol–water partition coefficient (Wildman–Crippen LogP) is 3.70. The molecule has 2 unspecified atom stereocenters. The zero-order valence-electron chi connectivity index (χ0n) is 10.5. The molecule has 0 bridgehead atoms. The number of hydrogen-bond acceptors (Lipinski definition) is 2. The Morgan fingerprint density at radius 2 is 2.00 bits per heavy atom. The highest BCUT2D eigenvalue weighted by atomic mass is 79.9. The fourth-order valence-corrected chi connectivity index (χ4v) is 3.68. The van der Waals surface area contributed by atoms with E-state index in [2.05, 4.69) is 27.3 Å². The predicted molar refractivity (Wildman–Crippen MR) is 76.4 cm³/mol. The summed E-state index contributed by atoms with van der Waals surface area (Å²) in [6.45, 7) is 0. The number of nitriles is 1. The summed E-state index contributed by atoms with van der Waals surface area (Å²) in [6, 6.07) is 7.44. The van der Waals surface area contributed by atoms with E-state index in [9.17, 15) is 4.79 Å². The second-order valence-electron chi connectivity index (χ2n) is 5.43. The van der Waals surface area contributed by atoms with Crippen LogP contribution in [0, 0.1) is 29.1 Å². The highest BCUT2D eigenvalue weighted by Gasteiger charge is 2.54. The summed E-state index contributed by atoms with van der Waals surface area (Å²) in [4.78, 5) is 12.3. The molecule has 2 atom stereocenters. The van der Waals surface area contributed by atoms with Gasteiger partial charge in [0.05, 0.1) is 11.3 Å². The molecule has 2 aliphatic rings. The molecular formula is C15H15BrN2O. The van der Waals surface area contributed by atoms with Crippen LogP contribution in [0.2, 0.25) is 0 Å². The molecule has 2 aliphatic carbocycles. The van der Waals surface area contributed by atoms with Gasteiger partial charge >= 0.3 is 0 Å². The molecule has 2 saturated carbocycles. The monoisotopic (exact) mass is 318 g/mol. The van der Waals surface area contributed by atoms with Gasteiger partial charge in [0.1, 0.15) is 6.07 Å². The van der Waals surface area contributed by atoms with Crippen molar-refractivity contribution in [1.29, 1.82) is 5.26 Å². The first-order chi connectivity index (χ1) is 9.20. The second kappa shape index (κ2) is 4.97. The molecule has 0 saturated heterocycles. The molecule has 4 heteroatoms. The third-order valence-electron chi connectivity index (χ3n) is 4.32. The van der Waals surface area contributed by atoms with Gasteiger partial charge in [-0.1, -0.05) is 28.8 Å². The van der Waals surface area contributed by atoms with Crippen molar-refractivity contribution in [3.05, 3.63) is 28.2 Å². The second-order valence-corrected chi connectivity index (χ2v) is 6.34. The largest absolute Gasteiger partial charge is 0.325 e. The van der Waals surface area contributed by atoms with Crippen LogP contribution in [-0.4, -0.2) is 5.91 Å². The van der Waals surface area contributed by atoms with E-state index < -0.39 is 0 Å². The maximum Gasteiger partial charge on any atom is 0.228 e. The van der Waals surface area contributed by atoms with Gasteiger partial charge in [0.2, 0.25) is 5.91 Å². The van der Waals surface area contributed by atoms with Crippen LogP contribution in [0.15, 0.2) is 22.7 Å². The van der Waals surface area contributed by atoms with Crippen LogP contribution >= 0.6 is 15.9 Å². The minimum Gasteiger partial charge on any atom is -0.325 e. The standard InChI is InChI=1S/C15H15BrN2O/c16-10-6-5-9(8-17)13(7-10)18-15(19)14-11-3-1-2-4-12(11)14/h5-7,11-12,14H,1-4H2,(H,18,19). The highest BCUT2D eigenvalue weighted by Crippen LogP contribution is 2.55. The summed E-state index contributed by atoms with van der Waals surface area (Å²) < 4.78 is 0.870. The van der Waals surface area contributed by atoms with Crippen molar-refractivity contribution in [1.82, 2.24) is 0 Å². The maximum atomic E-state index is 12.3. The van der Waals surface area contributed by atoms with Crippen molar-refractivity contribution in [2.24, 2.45) is 17.8 Å². The summed E-state index contributed by atoms with van der Waals surface area (Å²) >= 11 is 3.37. The van der Waals surface area contributed by atoms with E-state index >= 15 is 0 Å². The fourth-order valence-electron chi connectivity index (χ4n) is 3.31. The third-order valence-corrected chi connectivity index (χ3v) is 4.81. The number of nitrogens with one attached hydrogen (secondary N) is 1. The van der Waals surface area contributed by atoms with Gasteiger partial charge in [0.15, 0.2) is 0 Å². The van der Waals surface area contributed by atoms with Crippen LogP contribution in [0.4, 0.5) is 5.69 Å². The normalized spacial score (nSPS) is 28.1. The number of nitrogens with zero attached hydrogens (tertiary/aromatic N) is 1. The minimum absolute atomic E-state index is 0.0894. The molecule has 0 aromatic heterocycles. The first-order valence-corrected chi connectivity index (χ1v) is 7.50. The molecule has 0 spiro atoms. The van der Waals surface area contributed by atoms with Crippen LogP contribution in [0.25, 0.3) is 0 Å². The zero-order valence-corrected chi connectivity index (χ0v) is 12.1. The molecule has 0 radical (unpaired) electrons. The van der Waals surface area contributed by atoms with Gasteiger partial charge in [-0.15, -0.1) is 0 Å². The van der Waals surface area contributed by atoms with Gasteiger partial charge in [0.25, 0.3) is 0 Å². The van der Waals surface area contributed by atoms with Gasteiger partial charge in [-0.2, -0.15) is 5.26 Å². The summed E-state index contributed by atoms with van der Waals surface area (Å²) in [5.41, 5.74) is 1.13. The molecular weight excluding hydrogens is 304 g/mol. The number of amides is 1. The maximum absolute atomic E-state index is 12.3. The van der Waals surface area contributed by atoms with Crippen LogP contribution in [0.5, 0.6) is 0 Å². The van der Waals surface area contributed by atoms with Crippen LogP contribution in [0.1, 0.15) is 31.2 Å². The Morgan fingerprint density at radius 1 is 1.32 bits per heavy atom. The SMILES string of the molecule is N#Cc1ccc(Br)cc1NC(=O)C1C2CCCCC21. The molecule has 1 aromatic carbocycles. The van der Waals surface area contributed by atoms with Crippen molar-refractivity contribution in [3.63, 3.8) is 0 Å². The van der Waals surface area contributed by atoms with E-state index in [4.69, 9.17) is 5.26 Å². The van der Waals surface area contributed by atoms with Crippen LogP contribution in [0.3, 0.4) is 0 Å². The summed E-state index contributed by atoms with van der Waals surface area (Å²) in [7, 11) is 0. The van der Waals surface area contributed by atoms with E-state index in [1.54, 1.807) is 12.1 Å². The first kappa shape index (κ1) is 12.7. The van der Waals surface area contributed by atoms with Crippen molar-refractivity contribution >= 4 is 27.5 Å². The Kier molecular flexibility index (Phi) is 3.32. The Bertz CT molecular complexity index is 552. The van der Waals surface area contributed by atoms with E-state index in [-0.39, 0.29) is 11.8 Å². The minimum atomic E-state index is 0.0894. The van der Waals surface area contributed by atoms with Crippen molar-refractivity contribution in [3.8, 4) is 6.07 Å². The Labute approximate surface area is 121 Å². The van der Waals surface area contributed by atoms with Gasteiger partial charge in [-0.3, -0.25) is 4.79 Å². The number of hydrogen-bond donors (Lipinski definition) is 1. The van der Waals surface area contributed by atoms with Crippen molar-refractivity contribution < 1.29 is 4.79 Å². The number of halogens is 1. The summed E-state index contributed by atoms with van der Waals surface area (Å²) in [6.07, 6.45) is 4.88. The lowest BCUT2D eigenvalue weighted by atomic mass is 10.0. The topological polar surface area (TPSA) is 52.9 Å². The van der Waals surface area contributed by atoms with E-state index in [0.717, 1.165) is 4.47 Å². The Hall–Kier alpha value is -1.34. The molecule has 3 rings (SSSR count). The van der Waals surface area contributed by atoms with Crippen molar-refractivity contribution in [2.45, 2.75) is 25.7 Å². The third kappa shape index (κ3) is 2.40. The number of carbonyl (C=O) groups is 1. The number of benzene rings is 1. The molecule has 1 aromatic rings.